The van der Waals surface area contributed by atoms with Crippen LogP contribution in [0.5, 0.6) is 0 Å². The summed E-state index contributed by atoms with van der Waals surface area (Å²) in [5, 5.41) is 7.34. The van der Waals surface area contributed by atoms with E-state index in [1.807, 2.05) is 18.3 Å². The Bertz CT molecular complexity index is 777. The van der Waals surface area contributed by atoms with Gasteiger partial charge in [-0.15, -0.1) is 11.3 Å². The Morgan fingerprint density at radius 1 is 1.22 bits per heavy atom. The van der Waals surface area contributed by atoms with Gasteiger partial charge >= 0.3 is 0 Å². The number of aromatic amines is 1. The Kier molecular flexibility index (Phi) is 3.97. The number of hydrogen-bond acceptors (Lipinski definition) is 4. The fraction of sp³-hybridized carbons (Fsp3) is 0.333. The molecule has 3 aromatic rings. The standard InChI is InChI=1S/C18H20N4S/c1-13-19-18(21-20-13)16-8-5-11-22(16)12-15-9-10-17(23-15)14-6-3-2-4-7-14/h2-4,6-7,9-10,16H,5,8,11-12H2,1H3,(H,19,20,21)/t16-/m1/s1. The van der Waals surface area contributed by atoms with Crippen molar-refractivity contribution in [2.45, 2.75) is 32.4 Å². The van der Waals surface area contributed by atoms with E-state index in [1.165, 1.54) is 21.7 Å². The minimum atomic E-state index is 0.349. The lowest BCUT2D eigenvalue weighted by Gasteiger charge is -2.21. The second-order valence-electron chi connectivity index (χ2n) is 6.04. The third-order valence-corrected chi connectivity index (χ3v) is 5.47. The predicted molar refractivity (Wildman–Crippen MR) is 93.3 cm³/mol. The Hall–Kier alpha value is -1.98. The van der Waals surface area contributed by atoms with Crippen LogP contribution in [-0.4, -0.2) is 26.6 Å². The normalized spacial score (nSPS) is 18.6. The van der Waals surface area contributed by atoms with Gasteiger partial charge in [-0.1, -0.05) is 30.3 Å². The molecule has 1 atom stereocenters. The first kappa shape index (κ1) is 14.6. The van der Waals surface area contributed by atoms with Gasteiger partial charge in [0.25, 0.3) is 0 Å². The first-order valence-electron chi connectivity index (χ1n) is 8.07. The van der Waals surface area contributed by atoms with Crippen LogP contribution in [-0.2, 0) is 6.54 Å². The van der Waals surface area contributed by atoms with Crippen molar-refractivity contribution in [1.82, 2.24) is 20.1 Å². The first-order chi connectivity index (χ1) is 11.3. The fourth-order valence-corrected chi connectivity index (χ4v) is 4.28. The molecule has 0 saturated carbocycles. The highest BCUT2D eigenvalue weighted by Gasteiger charge is 2.29. The van der Waals surface area contributed by atoms with Crippen molar-refractivity contribution >= 4 is 11.3 Å². The lowest BCUT2D eigenvalue weighted by atomic mass is 10.2. The smallest absolute Gasteiger partial charge is 0.167 e. The minimum Gasteiger partial charge on any atom is -0.288 e. The van der Waals surface area contributed by atoms with Crippen LogP contribution in [0.1, 0.15) is 35.4 Å². The Balaban J connectivity index is 1.50. The van der Waals surface area contributed by atoms with Crippen molar-refractivity contribution < 1.29 is 0 Å². The number of nitrogens with zero attached hydrogens (tertiary/aromatic N) is 3. The molecule has 1 fully saturated rings. The Labute approximate surface area is 140 Å². The third kappa shape index (κ3) is 3.07. The molecule has 0 radical (unpaired) electrons. The number of rotatable bonds is 4. The number of aryl methyl sites for hydroxylation is 1. The summed E-state index contributed by atoms with van der Waals surface area (Å²) >= 11 is 1.88. The van der Waals surface area contributed by atoms with Gasteiger partial charge < -0.3 is 0 Å². The van der Waals surface area contributed by atoms with Crippen molar-refractivity contribution in [3.05, 3.63) is 59.0 Å². The number of likely N-dealkylation sites (tertiary alicyclic amines) is 1. The van der Waals surface area contributed by atoms with Crippen LogP contribution < -0.4 is 0 Å². The number of benzene rings is 1. The summed E-state index contributed by atoms with van der Waals surface area (Å²) < 4.78 is 0. The molecule has 2 aromatic heterocycles. The quantitative estimate of drug-likeness (QED) is 0.783. The van der Waals surface area contributed by atoms with E-state index in [1.54, 1.807) is 0 Å². The lowest BCUT2D eigenvalue weighted by molar-refractivity contribution is 0.242. The summed E-state index contributed by atoms with van der Waals surface area (Å²) in [5.74, 6) is 1.84. The van der Waals surface area contributed by atoms with Gasteiger partial charge in [-0.25, -0.2) is 4.98 Å². The molecule has 0 aliphatic carbocycles. The summed E-state index contributed by atoms with van der Waals surface area (Å²) in [6.07, 6.45) is 2.36. The molecule has 1 aliphatic heterocycles. The zero-order chi connectivity index (χ0) is 15.6. The molecule has 1 saturated heterocycles. The van der Waals surface area contributed by atoms with Crippen LogP contribution >= 0.6 is 11.3 Å². The summed E-state index contributed by atoms with van der Waals surface area (Å²) in [7, 11) is 0. The Morgan fingerprint density at radius 3 is 2.87 bits per heavy atom. The topological polar surface area (TPSA) is 44.8 Å². The van der Waals surface area contributed by atoms with Crippen LogP contribution in [0.4, 0.5) is 0 Å². The van der Waals surface area contributed by atoms with Crippen molar-refractivity contribution in [2.24, 2.45) is 0 Å². The SMILES string of the molecule is Cc1nc([C@H]2CCCN2Cc2ccc(-c3ccccc3)s2)n[nH]1. The number of nitrogens with one attached hydrogen (secondary N) is 1. The molecule has 1 N–H and O–H groups in total. The number of hydrogen-bond donors (Lipinski definition) is 1. The van der Waals surface area contributed by atoms with Crippen LogP contribution in [0.15, 0.2) is 42.5 Å². The molecule has 118 valence electrons. The van der Waals surface area contributed by atoms with Crippen molar-refractivity contribution in [3.8, 4) is 10.4 Å². The summed E-state index contributed by atoms with van der Waals surface area (Å²) in [5.41, 5.74) is 1.30. The first-order valence-corrected chi connectivity index (χ1v) is 8.88. The van der Waals surface area contributed by atoms with E-state index < -0.39 is 0 Å². The van der Waals surface area contributed by atoms with Gasteiger partial charge in [-0.05, 0) is 44.0 Å². The van der Waals surface area contributed by atoms with Crippen LogP contribution in [0.3, 0.4) is 0 Å². The van der Waals surface area contributed by atoms with Gasteiger partial charge in [0, 0.05) is 16.3 Å². The Morgan fingerprint density at radius 2 is 2.09 bits per heavy atom. The summed E-state index contributed by atoms with van der Waals surface area (Å²) in [6, 6.07) is 15.4. The van der Waals surface area contributed by atoms with E-state index >= 15 is 0 Å². The number of H-pyrrole nitrogens is 1. The molecule has 1 aliphatic rings. The zero-order valence-electron chi connectivity index (χ0n) is 13.2. The summed E-state index contributed by atoms with van der Waals surface area (Å²) in [6.45, 7) is 4.06. The van der Waals surface area contributed by atoms with Crippen LogP contribution in [0, 0.1) is 6.92 Å². The monoisotopic (exact) mass is 324 g/mol. The third-order valence-electron chi connectivity index (χ3n) is 4.36. The molecule has 5 heteroatoms. The van der Waals surface area contributed by atoms with E-state index in [-0.39, 0.29) is 0 Å². The van der Waals surface area contributed by atoms with E-state index in [4.69, 9.17) is 0 Å². The zero-order valence-corrected chi connectivity index (χ0v) is 14.0. The molecule has 0 unspecified atom stereocenters. The minimum absolute atomic E-state index is 0.349. The molecule has 3 heterocycles. The molecule has 0 bridgehead atoms. The predicted octanol–water partition coefficient (Wildman–Crippen LogP) is 4.18. The van der Waals surface area contributed by atoms with Gasteiger partial charge in [-0.2, -0.15) is 5.10 Å². The second-order valence-corrected chi connectivity index (χ2v) is 7.21. The maximum absolute atomic E-state index is 4.53. The molecular weight excluding hydrogens is 304 g/mol. The average Bonchev–Trinajstić information content (AvgIpc) is 3.29. The van der Waals surface area contributed by atoms with Gasteiger partial charge in [0.2, 0.25) is 0 Å². The van der Waals surface area contributed by atoms with E-state index in [9.17, 15) is 0 Å². The molecule has 0 amide bonds. The average molecular weight is 324 g/mol. The van der Waals surface area contributed by atoms with Gasteiger partial charge in [-0.3, -0.25) is 10.00 Å². The second kappa shape index (κ2) is 6.26. The molecule has 23 heavy (non-hydrogen) atoms. The maximum Gasteiger partial charge on any atom is 0.167 e. The fourth-order valence-electron chi connectivity index (χ4n) is 3.24. The molecule has 4 rings (SSSR count). The highest BCUT2D eigenvalue weighted by atomic mass is 32.1. The molecule has 0 spiro atoms. The highest BCUT2D eigenvalue weighted by molar-refractivity contribution is 7.15. The lowest BCUT2D eigenvalue weighted by Crippen LogP contribution is -2.23. The van der Waals surface area contributed by atoms with E-state index in [0.29, 0.717) is 6.04 Å². The molecule has 1 aromatic carbocycles. The number of aromatic nitrogens is 3. The maximum atomic E-state index is 4.53. The molecule has 4 nitrogen and oxygen atoms in total. The highest BCUT2D eigenvalue weighted by Crippen LogP contribution is 2.34. The van der Waals surface area contributed by atoms with Crippen molar-refractivity contribution in [1.29, 1.82) is 0 Å². The van der Waals surface area contributed by atoms with E-state index in [2.05, 4.69) is 62.5 Å². The number of thiophene rings is 1. The van der Waals surface area contributed by atoms with E-state index in [0.717, 1.165) is 31.2 Å². The summed E-state index contributed by atoms with van der Waals surface area (Å²) in [4.78, 5) is 9.78. The van der Waals surface area contributed by atoms with Crippen molar-refractivity contribution in [3.63, 3.8) is 0 Å². The van der Waals surface area contributed by atoms with Crippen LogP contribution in [0.25, 0.3) is 10.4 Å². The van der Waals surface area contributed by atoms with Gasteiger partial charge in [0.1, 0.15) is 5.82 Å². The van der Waals surface area contributed by atoms with Crippen molar-refractivity contribution in [2.75, 3.05) is 6.54 Å². The largest absolute Gasteiger partial charge is 0.288 e. The van der Waals surface area contributed by atoms with Crippen LogP contribution in [0.2, 0.25) is 0 Å². The van der Waals surface area contributed by atoms with Gasteiger partial charge in [0.05, 0.1) is 6.04 Å². The molecular formula is C18H20N4S. The van der Waals surface area contributed by atoms with Gasteiger partial charge in [0.15, 0.2) is 5.82 Å².